The van der Waals surface area contributed by atoms with Crippen LogP contribution in [0.3, 0.4) is 0 Å². The number of fused-ring (bicyclic) bond motifs is 1. The number of carbonyl (C=O) groups excluding carboxylic acids is 2. The van der Waals surface area contributed by atoms with Crippen LogP contribution in [0.5, 0.6) is 11.5 Å². The number of hydrogen-bond acceptors (Lipinski definition) is 4. The maximum absolute atomic E-state index is 12.3. The lowest BCUT2D eigenvalue weighted by atomic mass is 10.0. The number of carbonyl (C=O) groups is 2. The highest BCUT2D eigenvalue weighted by Gasteiger charge is 2.17. The first-order chi connectivity index (χ1) is 12.4. The van der Waals surface area contributed by atoms with Gasteiger partial charge in [0.25, 0.3) is 0 Å². The smallest absolute Gasteiger partial charge is 0.224 e. The molecule has 1 heterocycles. The van der Waals surface area contributed by atoms with E-state index in [1.54, 1.807) is 18.2 Å². The van der Waals surface area contributed by atoms with Gasteiger partial charge in [-0.15, -0.1) is 0 Å². The molecule has 1 amide bonds. The molecule has 6 heteroatoms. The maximum atomic E-state index is 12.3. The van der Waals surface area contributed by atoms with Crippen LogP contribution in [0.1, 0.15) is 34.3 Å². The Kier molecular flexibility index (Phi) is 5.47. The number of ether oxygens (including phenoxy) is 2. The predicted molar refractivity (Wildman–Crippen MR) is 101 cm³/mol. The Bertz CT molecular complexity index is 863. The average molecular weight is 374 g/mol. The summed E-state index contributed by atoms with van der Waals surface area (Å²) in [6, 6.07) is 8.82. The van der Waals surface area contributed by atoms with Gasteiger partial charge in [-0.2, -0.15) is 0 Å². The summed E-state index contributed by atoms with van der Waals surface area (Å²) in [6.45, 7) is 4.87. The van der Waals surface area contributed by atoms with Crippen LogP contribution in [-0.2, 0) is 4.79 Å². The topological polar surface area (TPSA) is 64.6 Å². The lowest BCUT2D eigenvalue weighted by Gasteiger charge is -2.20. The molecule has 136 valence electrons. The molecule has 2 aromatic carbocycles. The van der Waals surface area contributed by atoms with Crippen molar-refractivity contribution in [1.29, 1.82) is 0 Å². The Hall–Kier alpha value is -2.53. The number of ketones is 1. The van der Waals surface area contributed by atoms with Crippen molar-refractivity contribution in [3.8, 4) is 11.5 Å². The first-order valence-electron chi connectivity index (χ1n) is 8.43. The van der Waals surface area contributed by atoms with Crippen LogP contribution in [0.25, 0.3) is 0 Å². The summed E-state index contributed by atoms with van der Waals surface area (Å²) >= 11 is 6.18. The summed E-state index contributed by atoms with van der Waals surface area (Å²) in [7, 11) is 0. The third-order valence-corrected chi connectivity index (χ3v) is 4.63. The zero-order valence-corrected chi connectivity index (χ0v) is 15.5. The van der Waals surface area contributed by atoms with Gasteiger partial charge in [0.1, 0.15) is 13.2 Å². The number of benzene rings is 2. The fraction of sp³-hybridized carbons (Fsp3) is 0.300. The molecule has 0 radical (unpaired) electrons. The molecule has 3 rings (SSSR count). The highest BCUT2D eigenvalue weighted by Crippen LogP contribution is 2.38. The second kappa shape index (κ2) is 7.79. The van der Waals surface area contributed by atoms with Crippen molar-refractivity contribution in [2.24, 2.45) is 0 Å². The quantitative estimate of drug-likeness (QED) is 0.792. The molecule has 1 aliphatic rings. The summed E-state index contributed by atoms with van der Waals surface area (Å²) in [5, 5.41) is 3.09. The van der Waals surface area contributed by atoms with Gasteiger partial charge in [-0.05, 0) is 31.0 Å². The van der Waals surface area contributed by atoms with Crippen LogP contribution in [0.4, 0.5) is 5.69 Å². The number of aryl methyl sites for hydroxylation is 2. The van der Waals surface area contributed by atoms with Gasteiger partial charge < -0.3 is 14.8 Å². The molecule has 0 unspecified atom stereocenters. The number of hydrogen-bond donors (Lipinski definition) is 1. The van der Waals surface area contributed by atoms with E-state index in [0.717, 1.165) is 11.1 Å². The minimum Gasteiger partial charge on any atom is -0.486 e. The Balaban J connectivity index is 1.60. The van der Waals surface area contributed by atoms with Gasteiger partial charge in [0.2, 0.25) is 5.91 Å². The molecule has 1 N–H and O–H groups in total. The van der Waals surface area contributed by atoms with Gasteiger partial charge in [-0.1, -0.05) is 23.7 Å². The summed E-state index contributed by atoms with van der Waals surface area (Å²) in [5.74, 6) is 0.767. The number of amides is 1. The van der Waals surface area contributed by atoms with Crippen molar-refractivity contribution >= 4 is 29.0 Å². The van der Waals surface area contributed by atoms with Gasteiger partial charge in [0.05, 0.1) is 10.7 Å². The van der Waals surface area contributed by atoms with Crippen LogP contribution < -0.4 is 14.8 Å². The minimum absolute atomic E-state index is 0.0588. The third-order valence-electron chi connectivity index (χ3n) is 4.31. The largest absolute Gasteiger partial charge is 0.486 e. The third kappa shape index (κ3) is 4.17. The van der Waals surface area contributed by atoms with E-state index in [-0.39, 0.29) is 24.5 Å². The van der Waals surface area contributed by atoms with Crippen LogP contribution in [0, 0.1) is 13.8 Å². The van der Waals surface area contributed by atoms with Crippen LogP contribution in [0.15, 0.2) is 30.3 Å². The highest BCUT2D eigenvalue weighted by molar-refractivity contribution is 6.34. The second-order valence-corrected chi connectivity index (χ2v) is 6.65. The minimum atomic E-state index is -0.277. The fourth-order valence-electron chi connectivity index (χ4n) is 2.66. The van der Waals surface area contributed by atoms with Crippen molar-refractivity contribution in [3.05, 3.63) is 52.0 Å². The standard InChI is InChI=1S/C20H20ClNO4/c1-12-3-4-14(9-13(12)2)17(23)5-6-20(24)22-16-11-19-18(10-15(16)21)25-7-8-26-19/h3-4,9-11H,5-8H2,1-2H3,(H,22,24). The lowest BCUT2D eigenvalue weighted by Crippen LogP contribution is -2.17. The van der Waals surface area contributed by atoms with E-state index in [0.29, 0.717) is 41.0 Å². The second-order valence-electron chi connectivity index (χ2n) is 6.25. The lowest BCUT2D eigenvalue weighted by molar-refractivity contribution is -0.116. The van der Waals surface area contributed by atoms with Gasteiger partial charge >= 0.3 is 0 Å². The first-order valence-corrected chi connectivity index (χ1v) is 8.81. The molecule has 0 saturated carbocycles. The van der Waals surface area contributed by atoms with E-state index in [1.165, 1.54) is 0 Å². The van der Waals surface area contributed by atoms with Crippen molar-refractivity contribution in [3.63, 3.8) is 0 Å². The Morgan fingerprint density at radius 2 is 1.69 bits per heavy atom. The molecule has 0 saturated heterocycles. The first kappa shape index (κ1) is 18.3. The number of anilines is 1. The Morgan fingerprint density at radius 3 is 2.38 bits per heavy atom. The van der Waals surface area contributed by atoms with E-state index in [9.17, 15) is 9.59 Å². The number of rotatable bonds is 5. The van der Waals surface area contributed by atoms with Crippen LogP contribution >= 0.6 is 11.6 Å². The molecule has 0 aromatic heterocycles. The molecule has 1 aliphatic heterocycles. The Labute approximate surface area is 157 Å². The van der Waals surface area contributed by atoms with E-state index in [1.807, 2.05) is 26.0 Å². The van der Waals surface area contributed by atoms with E-state index >= 15 is 0 Å². The maximum Gasteiger partial charge on any atom is 0.224 e. The monoisotopic (exact) mass is 373 g/mol. The molecule has 0 fully saturated rings. The van der Waals surface area contributed by atoms with E-state index in [2.05, 4.69) is 5.32 Å². The molecule has 0 spiro atoms. The van der Waals surface area contributed by atoms with E-state index < -0.39 is 0 Å². The molecule has 5 nitrogen and oxygen atoms in total. The summed E-state index contributed by atoms with van der Waals surface area (Å²) in [5.41, 5.74) is 3.26. The molecule has 0 aliphatic carbocycles. The molecular weight excluding hydrogens is 354 g/mol. The van der Waals surface area contributed by atoms with Crippen LogP contribution in [0.2, 0.25) is 5.02 Å². The zero-order chi connectivity index (χ0) is 18.7. The number of nitrogens with one attached hydrogen (secondary N) is 1. The Morgan fingerprint density at radius 1 is 1.00 bits per heavy atom. The SMILES string of the molecule is Cc1ccc(C(=O)CCC(=O)Nc2cc3c(cc2Cl)OCCO3)cc1C. The molecule has 26 heavy (non-hydrogen) atoms. The summed E-state index contributed by atoms with van der Waals surface area (Å²) < 4.78 is 10.9. The van der Waals surface area contributed by atoms with Gasteiger partial charge in [0, 0.05) is 30.5 Å². The fourth-order valence-corrected chi connectivity index (χ4v) is 2.86. The summed E-state index contributed by atoms with van der Waals surface area (Å²) in [6.07, 6.45) is 0.215. The van der Waals surface area contributed by atoms with Crippen LogP contribution in [-0.4, -0.2) is 24.9 Å². The number of Topliss-reactive ketones (excluding diaryl/α,β-unsaturated/α-hetero) is 1. The average Bonchev–Trinajstić information content (AvgIpc) is 2.62. The predicted octanol–water partition coefficient (Wildman–Crippen LogP) is 4.33. The number of halogens is 1. The zero-order valence-electron chi connectivity index (χ0n) is 14.7. The van der Waals surface area contributed by atoms with Gasteiger partial charge in [0.15, 0.2) is 17.3 Å². The van der Waals surface area contributed by atoms with Gasteiger partial charge in [-0.3, -0.25) is 9.59 Å². The molecule has 0 bridgehead atoms. The van der Waals surface area contributed by atoms with Crippen molar-refractivity contribution in [2.45, 2.75) is 26.7 Å². The van der Waals surface area contributed by atoms with Crippen molar-refractivity contribution < 1.29 is 19.1 Å². The highest BCUT2D eigenvalue weighted by atomic mass is 35.5. The van der Waals surface area contributed by atoms with E-state index in [4.69, 9.17) is 21.1 Å². The van der Waals surface area contributed by atoms with Crippen molar-refractivity contribution in [1.82, 2.24) is 0 Å². The molecular formula is C20H20ClNO4. The van der Waals surface area contributed by atoms with Gasteiger partial charge in [-0.25, -0.2) is 0 Å². The summed E-state index contributed by atoms with van der Waals surface area (Å²) in [4.78, 5) is 24.5. The normalized spacial score (nSPS) is 12.6. The van der Waals surface area contributed by atoms with Crippen molar-refractivity contribution in [2.75, 3.05) is 18.5 Å². The molecule has 2 aromatic rings. The molecule has 0 atom stereocenters.